The van der Waals surface area contributed by atoms with Gasteiger partial charge in [-0.3, -0.25) is 14.4 Å². The second-order valence-electron chi connectivity index (χ2n) is 10.4. The first kappa shape index (κ1) is 24.5. The summed E-state index contributed by atoms with van der Waals surface area (Å²) in [7, 11) is 1.55. The molecule has 1 saturated heterocycles. The van der Waals surface area contributed by atoms with Gasteiger partial charge in [0.05, 0.1) is 23.9 Å². The minimum Gasteiger partial charge on any atom is -0.497 e. The Kier molecular flexibility index (Phi) is 5.54. The van der Waals surface area contributed by atoms with E-state index in [2.05, 4.69) is 11.4 Å². The lowest BCUT2D eigenvalue weighted by Crippen LogP contribution is -2.51. The van der Waals surface area contributed by atoms with Gasteiger partial charge in [0, 0.05) is 22.5 Å². The number of anilines is 2. The third-order valence-electron chi connectivity index (χ3n) is 8.55. The highest BCUT2D eigenvalue weighted by molar-refractivity contribution is 7.12. The van der Waals surface area contributed by atoms with Gasteiger partial charge < -0.3 is 15.0 Å². The molecule has 4 heterocycles. The Morgan fingerprint density at radius 2 is 1.75 bits per heavy atom. The van der Waals surface area contributed by atoms with Crippen LogP contribution in [-0.2, 0) is 10.2 Å². The number of Topliss-reactive ketones (excluding diaryl/α,β-unsaturated/α-hetero) is 2. The van der Waals surface area contributed by atoms with Gasteiger partial charge in [-0.1, -0.05) is 60.7 Å². The molecular formula is C33H26N2O4S. The van der Waals surface area contributed by atoms with Crippen molar-refractivity contribution in [2.75, 3.05) is 17.3 Å². The average molecular weight is 547 g/mol. The molecule has 0 unspecified atom stereocenters. The normalized spacial score (nSPS) is 24.1. The first-order chi connectivity index (χ1) is 19.5. The number of benzene rings is 3. The Labute approximate surface area is 235 Å². The maximum absolute atomic E-state index is 14.8. The van der Waals surface area contributed by atoms with E-state index in [0.29, 0.717) is 21.9 Å². The second kappa shape index (κ2) is 9.03. The molecule has 4 aromatic rings. The highest BCUT2D eigenvalue weighted by atomic mass is 32.1. The van der Waals surface area contributed by atoms with Crippen LogP contribution in [0.3, 0.4) is 0 Å². The third kappa shape index (κ3) is 3.24. The first-order valence-corrected chi connectivity index (χ1v) is 14.1. The molecule has 7 heteroatoms. The maximum Gasteiger partial charge on any atom is 0.238 e. The molecule has 1 amide bonds. The van der Waals surface area contributed by atoms with Crippen LogP contribution < -0.4 is 15.0 Å². The van der Waals surface area contributed by atoms with Gasteiger partial charge in [0.1, 0.15) is 17.2 Å². The van der Waals surface area contributed by atoms with Crippen molar-refractivity contribution in [3.05, 3.63) is 118 Å². The van der Waals surface area contributed by atoms with Crippen LogP contribution in [0.4, 0.5) is 11.4 Å². The van der Waals surface area contributed by atoms with Gasteiger partial charge in [0.2, 0.25) is 5.91 Å². The number of hydrogen-bond acceptors (Lipinski definition) is 6. The van der Waals surface area contributed by atoms with E-state index < -0.39 is 23.4 Å². The fraction of sp³-hybridized carbons (Fsp3) is 0.182. The molecular weight excluding hydrogens is 520 g/mol. The maximum atomic E-state index is 14.8. The van der Waals surface area contributed by atoms with Gasteiger partial charge in [0.15, 0.2) is 11.6 Å². The predicted molar refractivity (Wildman–Crippen MR) is 156 cm³/mol. The number of ether oxygens (including phenoxy) is 1. The summed E-state index contributed by atoms with van der Waals surface area (Å²) in [6.45, 7) is 2.02. The van der Waals surface area contributed by atoms with Gasteiger partial charge in [-0.25, -0.2) is 0 Å². The van der Waals surface area contributed by atoms with Crippen LogP contribution in [-0.4, -0.2) is 36.7 Å². The summed E-state index contributed by atoms with van der Waals surface area (Å²) < 4.78 is 5.43. The Morgan fingerprint density at radius 1 is 0.950 bits per heavy atom. The standard InChI is InChI=1S/C33H26N2O4S/c1-19-17-27-33(23-12-4-5-13-24(23)34-32(33)38)28(30(36)20-9-7-10-21(18-20)39-2)29(31(37)26-15-8-16-40-26)35(27)25-14-6-3-11-22(19)25/h3-18,27-29H,1-2H3,(H,34,38)/t27-,28-,29+,33-/m0/s1. The quantitative estimate of drug-likeness (QED) is 0.311. The number of fused-ring (bicyclic) bond motifs is 6. The van der Waals surface area contributed by atoms with Crippen molar-refractivity contribution >= 4 is 45.8 Å². The van der Waals surface area contributed by atoms with Crippen LogP contribution in [0.5, 0.6) is 5.75 Å². The van der Waals surface area contributed by atoms with Gasteiger partial charge in [-0.2, -0.15) is 0 Å². The van der Waals surface area contributed by atoms with Gasteiger partial charge >= 0.3 is 0 Å². The highest BCUT2D eigenvalue weighted by Gasteiger charge is 2.70. The number of para-hydroxylation sites is 2. The van der Waals surface area contributed by atoms with E-state index in [1.54, 1.807) is 37.4 Å². The van der Waals surface area contributed by atoms with Crippen molar-refractivity contribution in [1.29, 1.82) is 0 Å². The lowest BCUT2D eigenvalue weighted by Gasteiger charge is -2.39. The molecule has 1 N–H and O–H groups in total. The molecule has 3 aliphatic rings. The Balaban J connectivity index is 1.56. The number of rotatable bonds is 5. The molecule has 4 atom stereocenters. The molecule has 3 aliphatic heterocycles. The number of hydrogen-bond donors (Lipinski definition) is 1. The van der Waals surface area contributed by atoms with Crippen molar-refractivity contribution in [2.24, 2.45) is 5.92 Å². The van der Waals surface area contributed by atoms with E-state index in [0.717, 1.165) is 22.4 Å². The van der Waals surface area contributed by atoms with E-state index in [9.17, 15) is 14.4 Å². The molecule has 1 aromatic heterocycles. The zero-order valence-corrected chi connectivity index (χ0v) is 22.8. The number of nitrogens with zero attached hydrogens (tertiary/aromatic N) is 1. The summed E-state index contributed by atoms with van der Waals surface area (Å²) in [6.07, 6.45) is 2.07. The highest BCUT2D eigenvalue weighted by Crippen LogP contribution is 2.59. The lowest BCUT2D eigenvalue weighted by atomic mass is 9.64. The summed E-state index contributed by atoms with van der Waals surface area (Å²) in [5.41, 5.74) is 3.32. The topological polar surface area (TPSA) is 75.7 Å². The number of thiophene rings is 1. The number of carbonyl (C=O) groups excluding carboxylic acids is 3. The number of carbonyl (C=O) groups is 3. The van der Waals surface area contributed by atoms with E-state index >= 15 is 0 Å². The van der Waals surface area contributed by atoms with Crippen LogP contribution in [0.15, 0.2) is 96.4 Å². The summed E-state index contributed by atoms with van der Waals surface area (Å²) in [5.74, 6) is -1.17. The third-order valence-corrected chi connectivity index (χ3v) is 9.44. The van der Waals surface area contributed by atoms with E-state index in [-0.39, 0.29) is 17.5 Å². The lowest BCUT2D eigenvalue weighted by molar-refractivity contribution is -0.121. The number of nitrogens with one attached hydrogen (secondary N) is 1. The smallest absolute Gasteiger partial charge is 0.238 e. The minimum atomic E-state index is -1.33. The van der Waals surface area contributed by atoms with E-state index in [1.807, 2.05) is 71.8 Å². The zero-order chi connectivity index (χ0) is 27.6. The van der Waals surface area contributed by atoms with E-state index in [1.165, 1.54) is 11.3 Å². The fourth-order valence-electron chi connectivity index (χ4n) is 6.91. The van der Waals surface area contributed by atoms with Crippen LogP contribution >= 0.6 is 11.3 Å². The van der Waals surface area contributed by atoms with Crippen molar-refractivity contribution in [3.63, 3.8) is 0 Å². The van der Waals surface area contributed by atoms with Crippen LogP contribution in [0, 0.1) is 5.92 Å². The summed E-state index contributed by atoms with van der Waals surface area (Å²) >= 11 is 1.35. The van der Waals surface area contributed by atoms with Crippen molar-refractivity contribution in [2.45, 2.75) is 24.4 Å². The molecule has 7 rings (SSSR count). The molecule has 0 saturated carbocycles. The van der Waals surface area contributed by atoms with E-state index in [4.69, 9.17) is 4.74 Å². The van der Waals surface area contributed by atoms with Gasteiger partial charge in [-0.05, 0) is 53.8 Å². The number of ketones is 2. The first-order valence-electron chi connectivity index (χ1n) is 13.2. The zero-order valence-electron chi connectivity index (χ0n) is 22.0. The molecule has 198 valence electrons. The molecule has 0 bridgehead atoms. The largest absolute Gasteiger partial charge is 0.497 e. The fourth-order valence-corrected chi connectivity index (χ4v) is 7.61. The van der Waals surface area contributed by atoms with Gasteiger partial charge in [0.25, 0.3) is 0 Å². The average Bonchev–Trinajstić information content (AvgIpc) is 3.70. The number of allylic oxidation sites excluding steroid dienone is 1. The SMILES string of the molecule is COc1cccc(C(=O)[C@@H]2[C@H](C(=O)c3cccs3)N3c4ccccc4C(C)=C[C@H]3[C@]23C(=O)Nc2ccccc23)c1. The molecule has 6 nitrogen and oxygen atoms in total. The Bertz CT molecular complexity index is 1730. The Morgan fingerprint density at radius 3 is 2.55 bits per heavy atom. The molecule has 1 fully saturated rings. The molecule has 0 aliphatic carbocycles. The van der Waals surface area contributed by atoms with Crippen molar-refractivity contribution < 1.29 is 19.1 Å². The van der Waals surface area contributed by atoms with Crippen molar-refractivity contribution in [3.8, 4) is 5.75 Å². The molecule has 40 heavy (non-hydrogen) atoms. The second-order valence-corrected chi connectivity index (χ2v) is 11.4. The van der Waals surface area contributed by atoms with Gasteiger partial charge in [-0.15, -0.1) is 11.3 Å². The number of methoxy groups -OCH3 is 1. The molecule has 0 radical (unpaired) electrons. The minimum absolute atomic E-state index is 0.168. The van der Waals surface area contributed by atoms with Crippen LogP contribution in [0.2, 0.25) is 0 Å². The summed E-state index contributed by atoms with van der Waals surface area (Å²) in [5, 5.41) is 4.94. The number of amides is 1. The summed E-state index contributed by atoms with van der Waals surface area (Å²) in [4.78, 5) is 46.3. The summed E-state index contributed by atoms with van der Waals surface area (Å²) in [6, 6.07) is 24.6. The van der Waals surface area contributed by atoms with Crippen LogP contribution in [0.1, 0.15) is 38.1 Å². The predicted octanol–water partition coefficient (Wildman–Crippen LogP) is 6.00. The van der Waals surface area contributed by atoms with Crippen molar-refractivity contribution in [1.82, 2.24) is 0 Å². The monoisotopic (exact) mass is 546 g/mol. The molecule has 3 aromatic carbocycles. The Hall–Kier alpha value is -4.49. The molecule has 1 spiro atoms. The van der Waals surface area contributed by atoms with Crippen LogP contribution in [0.25, 0.3) is 5.57 Å².